The van der Waals surface area contributed by atoms with Gasteiger partial charge in [-0.2, -0.15) is 0 Å². The van der Waals surface area contributed by atoms with Crippen LogP contribution in [0, 0.1) is 5.82 Å². The summed E-state index contributed by atoms with van der Waals surface area (Å²) < 4.78 is 13.3. The number of hydrogen-bond acceptors (Lipinski definition) is 3. The van der Waals surface area contributed by atoms with E-state index in [-0.39, 0.29) is 5.82 Å². The molecule has 0 aliphatic rings. The van der Waals surface area contributed by atoms with Crippen molar-refractivity contribution in [2.24, 2.45) is 0 Å². The first-order valence-corrected chi connectivity index (χ1v) is 5.45. The average molecular weight is 231 g/mol. The first-order chi connectivity index (χ1) is 8.25. The largest absolute Gasteiger partial charge is 0.384 e. The Morgan fingerprint density at radius 3 is 2.71 bits per heavy atom. The van der Waals surface area contributed by atoms with Crippen LogP contribution >= 0.6 is 0 Å². The monoisotopic (exact) mass is 231 g/mol. The van der Waals surface area contributed by atoms with Gasteiger partial charge in [0.2, 0.25) is 0 Å². The molecule has 0 radical (unpaired) electrons. The SMILES string of the molecule is Nc1cccc(NCCc2ccccc2F)n1. The molecule has 0 bridgehead atoms. The zero-order valence-electron chi connectivity index (χ0n) is 9.36. The van der Waals surface area contributed by atoms with Crippen LogP contribution in [-0.4, -0.2) is 11.5 Å². The molecular weight excluding hydrogens is 217 g/mol. The molecule has 0 aliphatic carbocycles. The molecule has 0 atom stereocenters. The van der Waals surface area contributed by atoms with Crippen LogP contribution < -0.4 is 11.1 Å². The quantitative estimate of drug-likeness (QED) is 0.849. The third-order valence-electron chi connectivity index (χ3n) is 2.43. The number of nitrogens with one attached hydrogen (secondary N) is 1. The number of pyridine rings is 1. The highest BCUT2D eigenvalue weighted by Gasteiger charge is 2.00. The normalized spacial score (nSPS) is 10.2. The van der Waals surface area contributed by atoms with E-state index in [0.717, 1.165) is 0 Å². The van der Waals surface area contributed by atoms with E-state index < -0.39 is 0 Å². The molecule has 88 valence electrons. The predicted molar refractivity (Wildman–Crippen MR) is 67.2 cm³/mol. The Labute approximate surface area is 99.5 Å². The summed E-state index contributed by atoms with van der Waals surface area (Å²) in [4.78, 5) is 4.10. The van der Waals surface area contributed by atoms with Crippen molar-refractivity contribution in [2.75, 3.05) is 17.6 Å². The van der Waals surface area contributed by atoms with Crippen LogP contribution in [0.5, 0.6) is 0 Å². The van der Waals surface area contributed by atoms with Crippen molar-refractivity contribution in [3.05, 3.63) is 53.8 Å². The lowest BCUT2D eigenvalue weighted by molar-refractivity contribution is 0.610. The minimum absolute atomic E-state index is 0.171. The molecule has 0 fully saturated rings. The number of nitrogens with zero attached hydrogens (tertiary/aromatic N) is 1. The molecule has 17 heavy (non-hydrogen) atoms. The maximum Gasteiger partial charge on any atom is 0.128 e. The van der Waals surface area contributed by atoms with Crippen LogP contribution in [0.25, 0.3) is 0 Å². The van der Waals surface area contributed by atoms with Crippen molar-refractivity contribution in [2.45, 2.75) is 6.42 Å². The second kappa shape index (κ2) is 5.30. The number of nitrogen functional groups attached to an aromatic ring is 1. The number of hydrogen-bond donors (Lipinski definition) is 2. The molecule has 0 amide bonds. The van der Waals surface area contributed by atoms with Crippen molar-refractivity contribution in [1.29, 1.82) is 0 Å². The molecule has 4 heteroatoms. The molecule has 0 aliphatic heterocycles. The smallest absolute Gasteiger partial charge is 0.128 e. The molecule has 0 saturated heterocycles. The summed E-state index contributed by atoms with van der Waals surface area (Å²) in [5.74, 6) is 1.01. The molecule has 3 N–H and O–H groups in total. The van der Waals surface area contributed by atoms with Crippen LogP contribution in [0.3, 0.4) is 0 Å². The van der Waals surface area contributed by atoms with Crippen molar-refractivity contribution in [3.8, 4) is 0 Å². The first kappa shape index (κ1) is 11.4. The lowest BCUT2D eigenvalue weighted by atomic mass is 10.1. The van der Waals surface area contributed by atoms with Crippen LogP contribution in [0.15, 0.2) is 42.5 Å². The fourth-order valence-electron chi connectivity index (χ4n) is 1.58. The maximum atomic E-state index is 13.3. The third kappa shape index (κ3) is 3.17. The minimum Gasteiger partial charge on any atom is -0.384 e. The summed E-state index contributed by atoms with van der Waals surface area (Å²) in [6, 6.07) is 12.1. The van der Waals surface area contributed by atoms with Crippen molar-refractivity contribution < 1.29 is 4.39 Å². The maximum absolute atomic E-state index is 13.3. The fourth-order valence-corrected chi connectivity index (χ4v) is 1.58. The topological polar surface area (TPSA) is 50.9 Å². The molecular formula is C13H14FN3. The summed E-state index contributed by atoms with van der Waals surface area (Å²) in [7, 11) is 0. The summed E-state index contributed by atoms with van der Waals surface area (Å²) >= 11 is 0. The van der Waals surface area contributed by atoms with Crippen LogP contribution in [0.4, 0.5) is 16.0 Å². The first-order valence-electron chi connectivity index (χ1n) is 5.45. The second-order valence-electron chi connectivity index (χ2n) is 3.72. The van der Waals surface area contributed by atoms with Gasteiger partial charge in [0.15, 0.2) is 0 Å². The van der Waals surface area contributed by atoms with Gasteiger partial charge in [-0.1, -0.05) is 24.3 Å². The van der Waals surface area contributed by atoms with Gasteiger partial charge in [-0.3, -0.25) is 0 Å². The summed E-state index contributed by atoms with van der Waals surface area (Å²) in [5.41, 5.74) is 6.25. The van der Waals surface area contributed by atoms with Crippen LogP contribution in [0.2, 0.25) is 0 Å². The lowest BCUT2D eigenvalue weighted by Crippen LogP contribution is -2.07. The van der Waals surface area contributed by atoms with E-state index in [1.807, 2.05) is 18.2 Å². The van der Waals surface area contributed by atoms with E-state index >= 15 is 0 Å². The van der Waals surface area contributed by atoms with E-state index in [0.29, 0.717) is 30.2 Å². The summed E-state index contributed by atoms with van der Waals surface area (Å²) in [6.45, 7) is 0.622. The van der Waals surface area contributed by atoms with Crippen LogP contribution in [-0.2, 0) is 6.42 Å². The van der Waals surface area contributed by atoms with E-state index in [1.54, 1.807) is 18.2 Å². The van der Waals surface area contributed by atoms with Gasteiger partial charge in [-0.15, -0.1) is 0 Å². The minimum atomic E-state index is -0.171. The third-order valence-corrected chi connectivity index (χ3v) is 2.43. The zero-order valence-corrected chi connectivity index (χ0v) is 9.36. The average Bonchev–Trinajstić information content (AvgIpc) is 2.32. The lowest BCUT2D eigenvalue weighted by Gasteiger charge is -2.06. The Morgan fingerprint density at radius 1 is 1.12 bits per heavy atom. The second-order valence-corrected chi connectivity index (χ2v) is 3.72. The molecule has 1 aromatic heterocycles. The Balaban J connectivity index is 1.90. The van der Waals surface area contributed by atoms with Gasteiger partial charge in [-0.05, 0) is 30.2 Å². The van der Waals surface area contributed by atoms with E-state index in [1.165, 1.54) is 6.07 Å². The summed E-state index contributed by atoms with van der Waals surface area (Å²) in [6.07, 6.45) is 0.614. The zero-order chi connectivity index (χ0) is 12.1. The van der Waals surface area contributed by atoms with Gasteiger partial charge in [0, 0.05) is 6.54 Å². The van der Waals surface area contributed by atoms with E-state index in [9.17, 15) is 4.39 Å². The molecule has 0 spiro atoms. The van der Waals surface area contributed by atoms with E-state index in [4.69, 9.17) is 5.73 Å². The molecule has 1 heterocycles. The number of rotatable bonds is 4. The number of nitrogens with two attached hydrogens (primary N) is 1. The van der Waals surface area contributed by atoms with E-state index in [2.05, 4.69) is 10.3 Å². The standard InChI is InChI=1S/C13H14FN3/c14-11-5-2-1-4-10(11)8-9-16-13-7-3-6-12(15)17-13/h1-7H,8-9H2,(H3,15,16,17). The van der Waals surface area contributed by atoms with Gasteiger partial charge in [0.25, 0.3) is 0 Å². The Bertz CT molecular complexity index is 500. The van der Waals surface area contributed by atoms with Gasteiger partial charge in [-0.25, -0.2) is 9.37 Å². The van der Waals surface area contributed by atoms with Gasteiger partial charge >= 0.3 is 0 Å². The number of aromatic nitrogens is 1. The van der Waals surface area contributed by atoms with Crippen molar-refractivity contribution in [3.63, 3.8) is 0 Å². The molecule has 3 nitrogen and oxygen atoms in total. The number of benzene rings is 1. The molecule has 0 unspecified atom stereocenters. The highest BCUT2D eigenvalue weighted by atomic mass is 19.1. The highest BCUT2D eigenvalue weighted by Crippen LogP contribution is 2.09. The van der Waals surface area contributed by atoms with Gasteiger partial charge in [0.05, 0.1) is 0 Å². The molecule has 2 aromatic rings. The predicted octanol–water partition coefficient (Wildman–Crippen LogP) is 2.46. The van der Waals surface area contributed by atoms with Crippen LogP contribution in [0.1, 0.15) is 5.56 Å². The Morgan fingerprint density at radius 2 is 1.94 bits per heavy atom. The highest BCUT2D eigenvalue weighted by molar-refractivity contribution is 5.42. The molecule has 2 rings (SSSR count). The van der Waals surface area contributed by atoms with Gasteiger partial charge < -0.3 is 11.1 Å². The summed E-state index contributed by atoms with van der Waals surface area (Å²) in [5, 5.41) is 3.10. The molecule has 0 saturated carbocycles. The fraction of sp³-hybridized carbons (Fsp3) is 0.154. The Hall–Kier alpha value is -2.10. The Kier molecular flexibility index (Phi) is 3.55. The number of anilines is 2. The van der Waals surface area contributed by atoms with Crippen molar-refractivity contribution in [1.82, 2.24) is 4.98 Å². The molecule has 1 aromatic carbocycles. The van der Waals surface area contributed by atoms with Gasteiger partial charge in [0.1, 0.15) is 17.5 Å². The number of halogens is 1. The van der Waals surface area contributed by atoms with Crippen molar-refractivity contribution >= 4 is 11.6 Å².